The van der Waals surface area contributed by atoms with Gasteiger partial charge in [0.2, 0.25) is 10.0 Å². The average Bonchev–Trinajstić information content (AvgIpc) is 3.16. The molecule has 1 aliphatic heterocycles. The van der Waals surface area contributed by atoms with Gasteiger partial charge in [-0.3, -0.25) is 4.90 Å². The molecule has 166 valence electrons. The molecule has 8 heteroatoms. The van der Waals surface area contributed by atoms with Gasteiger partial charge in [-0.25, -0.2) is 16.8 Å². The second kappa shape index (κ2) is 10.4. The number of benzene rings is 2. The standard InChI is InChI=1S/C17H23N3O2S.C6H4ClF/c1-3-13-23(21,22)20-8-7-16-15(5-4-6-17(16)20)14-19-11-9-18(2)10-12-19;7-5-2-1-3-6(8)4-5/h3-8H,1,9-14H2,2H3;1-4H. The summed E-state index contributed by atoms with van der Waals surface area (Å²) in [4.78, 5) is 4.75. The first-order valence-corrected chi connectivity index (χ1v) is 12.0. The zero-order valence-electron chi connectivity index (χ0n) is 17.5. The molecule has 4 rings (SSSR count). The van der Waals surface area contributed by atoms with Crippen LogP contribution in [0.3, 0.4) is 0 Å². The summed E-state index contributed by atoms with van der Waals surface area (Å²) in [5, 5.41) is 1.45. The van der Waals surface area contributed by atoms with Crippen LogP contribution in [0.25, 0.3) is 10.9 Å². The van der Waals surface area contributed by atoms with Crippen LogP contribution in [-0.4, -0.2) is 61.2 Å². The fourth-order valence-electron chi connectivity index (χ4n) is 3.52. The molecule has 1 fully saturated rings. The lowest BCUT2D eigenvalue weighted by molar-refractivity contribution is 0.148. The number of piperazine rings is 1. The Morgan fingerprint density at radius 3 is 2.42 bits per heavy atom. The fraction of sp³-hybridized carbons (Fsp3) is 0.304. The van der Waals surface area contributed by atoms with Gasteiger partial charge >= 0.3 is 0 Å². The zero-order chi connectivity index (χ0) is 22.4. The lowest BCUT2D eigenvalue weighted by Crippen LogP contribution is -2.43. The van der Waals surface area contributed by atoms with E-state index in [0.717, 1.165) is 43.6 Å². The quantitative estimate of drug-likeness (QED) is 0.531. The van der Waals surface area contributed by atoms with Crippen molar-refractivity contribution in [1.82, 2.24) is 13.8 Å². The second-order valence-corrected chi connectivity index (χ2v) is 9.88. The highest BCUT2D eigenvalue weighted by atomic mass is 35.5. The Balaban J connectivity index is 0.000000287. The summed E-state index contributed by atoms with van der Waals surface area (Å²) in [5.74, 6) is -0.350. The van der Waals surface area contributed by atoms with Crippen LogP contribution < -0.4 is 0 Å². The lowest BCUT2D eigenvalue weighted by Gasteiger charge is -2.32. The third kappa shape index (κ3) is 6.17. The summed E-state index contributed by atoms with van der Waals surface area (Å²) in [6.45, 7) is 8.63. The highest BCUT2D eigenvalue weighted by Gasteiger charge is 2.18. The topological polar surface area (TPSA) is 45.6 Å². The highest BCUT2D eigenvalue weighted by molar-refractivity contribution is 7.90. The summed E-state index contributed by atoms with van der Waals surface area (Å²) in [6.07, 6.45) is 3.08. The zero-order valence-corrected chi connectivity index (χ0v) is 19.1. The number of halogens is 2. The van der Waals surface area contributed by atoms with Crippen molar-refractivity contribution in [3.8, 4) is 0 Å². The summed E-state index contributed by atoms with van der Waals surface area (Å²) < 4.78 is 38.1. The van der Waals surface area contributed by atoms with Crippen LogP contribution in [0.2, 0.25) is 5.02 Å². The molecule has 0 atom stereocenters. The molecular formula is C23H27ClFN3O2S. The van der Waals surface area contributed by atoms with E-state index in [1.807, 2.05) is 18.2 Å². The molecular weight excluding hydrogens is 437 g/mol. The summed E-state index contributed by atoms with van der Waals surface area (Å²) in [7, 11) is -1.23. The maximum absolute atomic E-state index is 12.3. The molecule has 0 radical (unpaired) electrons. The third-order valence-electron chi connectivity index (χ3n) is 5.19. The predicted octanol–water partition coefficient (Wildman–Crippen LogP) is 4.23. The van der Waals surface area contributed by atoms with Crippen molar-refractivity contribution in [3.63, 3.8) is 0 Å². The molecule has 31 heavy (non-hydrogen) atoms. The molecule has 1 aliphatic rings. The van der Waals surface area contributed by atoms with E-state index < -0.39 is 10.0 Å². The van der Waals surface area contributed by atoms with E-state index in [9.17, 15) is 12.8 Å². The van der Waals surface area contributed by atoms with Crippen LogP contribution in [0.15, 0.2) is 67.4 Å². The minimum atomic E-state index is -3.37. The molecule has 0 spiro atoms. The molecule has 0 unspecified atom stereocenters. The van der Waals surface area contributed by atoms with Crippen LogP contribution in [0, 0.1) is 5.82 Å². The SMILES string of the molecule is C=CCS(=O)(=O)n1ccc2c(CN3CCN(C)CC3)cccc21.Fc1cccc(Cl)c1. The first-order valence-electron chi connectivity index (χ1n) is 10.1. The Hall–Kier alpha value is -2.19. The molecule has 0 amide bonds. The second-order valence-electron chi connectivity index (χ2n) is 7.55. The van der Waals surface area contributed by atoms with Crippen LogP contribution in [0.1, 0.15) is 5.56 Å². The van der Waals surface area contributed by atoms with Gasteiger partial charge < -0.3 is 4.90 Å². The number of nitrogens with zero attached hydrogens (tertiary/aromatic N) is 3. The average molecular weight is 464 g/mol. The largest absolute Gasteiger partial charge is 0.304 e. The molecule has 3 aromatic rings. The smallest absolute Gasteiger partial charge is 0.242 e. The van der Waals surface area contributed by atoms with Gasteiger partial charge in [-0.1, -0.05) is 35.9 Å². The van der Waals surface area contributed by atoms with Gasteiger partial charge in [-0.2, -0.15) is 0 Å². The number of rotatable bonds is 5. The van der Waals surface area contributed by atoms with Gasteiger partial charge in [0.15, 0.2) is 0 Å². The monoisotopic (exact) mass is 463 g/mol. The van der Waals surface area contributed by atoms with Gasteiger partial charge in [0.05, 0.1) is 11.3 Å². The van der Waals surface area contributed by atoms with Crippen LogP contribution in [-0.2, 0) is 16.6 Å². The summed E-state index contributed by atoms with van der Waals surface area (Å²) >= 11 is 5.40. The predicted molar refractivity (Wildman–Crippen MR) is 126 cm³/mol. The molecule has 2 heterocycles. The molecule has 1 saturated heterocycles. The molecule has 0 aliphatic carbocycles. The maximum Gasteiger partial charge on any atom is 0.242 e. The molecule has 0 saturated carbocycles. The molecule has 5 nitrogen and oxygen atoms in total. The van der Waals surface area contributed by atoms with Crippen LogP contribution in [0.5, 0.6) is 0 Å². The van der Waals surface area contributed by atoms with Crippen LogP contribution in [0.4, 0.5) is 4.39 Å². The van der Waals surface area contributed by atoms with E-state index in [0.29, 0.717) is 5.02 Å². The van der Waals surface area contributed by atoms with E-state index in [1.165, 1.54) is 27.7 Å². The molecule has 0 N–H and O–H groups in total. The Bertz CT molecular complexity index is 1120. The normalized spacial score (nSPS) is 15.5. The summed E-state index contributed by atoms with van der Waals surface area (Å²) in [6, 6.07) is 13.6. The summed E-state index contributed by atoms with van der Waals surface area (Å²) in [5.41, 5.74) is 1.93. The van der Waals surface area contributed by atoms with Crippen molar-refractivity contribution in [2.24, 2.45) is 0 Å². The van der Waals surface area contributed by atoms with E-state index in [-0.39, 0.29) is 11.6 Å². The van der Waals surface area contributed by atoms with E-state index >= 15 is 0 Å². The molecule has 0 bridgehead atoms. The van der Waals surface area contributed by atoms with E-state index in [4.69, 9.17) is 11.6 Å². The van der Waals surface area contributed by atoms with Gasteiger partial charge in [0.1, 0.15) is 5.82 Å². The van der Waals surface area contributed by atoms with Crippen molar-refractivity contribution in [3.05, 3.63) is 83.8 Å². The van der Waals surface area contributed by atoms with Gasteiger partial charge in [-0.15, -0.1) is 6.58 Å². The number of aromatic nitrogens is 1. The lowest BCUT2D eigenvalue weighted by atomic mass is 10.1. The Kier molecular flexibility index (Phi) is 7.89. The van der Waals surface area contributed by atoms with E-state index in [1.54, 1.807) is 18.3 Å². The number of fused-ring (bicyclic) bond motifs is 1. The first-order chi connectivity index (χ1) is 14.8. The van der Waals surface area contributed by atoms with Gasteiger partial charge in [-0.05, 0) is 42.9 Å². The van der Waals surface area contributed by atoms with Gasteiger partial charge in [0.25, 0.3) is 0 Å². The number of hydrogen-bond donors (Lipinski definition) is 0. The van der Waals surface area contributed by atoms with E-state index in [2.05, 4.69) is 29.5 Å². The Morgan fingerprint density at radius 1 is 1.10 bits per heavy atom. The third-order valence-corrected chi connectivity index (χ3v) is 7.00. The Labute approximate surface area is 188 Å². The maximum atomic E-state index is 12.3. The van der Waals surface area contributed by atoms with Crippen molar-refractivity contribution in [2.75, 3.05) is 39.0 Å². The van der Waals surface area contributed by atoms with Gasteiger partial charge in [0, 0.05) is 49.3 Å². The minimum absolute atomic E-state index is 0.0561. The van der Waals surface area contributed by atoms with Crippen molar-refractivity contribution in [2.45, 2.75) is 6.54 Å². The van der Waals surface area contributed by atoms with Crippen molar-refractivity contribution >= 4 is 32.5 Å². The minimum Gasteiger partial charge on any atom is -0.304 e. The molecule has 1 aromatic heterocycles. The van der Waals surface area contributed by atoms with Crippen molar-refractivity contribution < 1.29 is 12.8 Å². The van der Waals surface area contributed by atoms with Crippen molar-refractivity contribution in [1.29, 1.82) is 0 Å². The number of hydrogen-bond acceptors (Lipinski definition) is 4. The fourth-order valence-corrected chi connectivity index (χ4v) is 4.86. The van der Waals surface area contributed by atoms with Crippen LogP contribution >= 0.6 is 11.6 Å². The number of likely N-dealkylation sites (N-methyl/N-ethyl adjacent to an activating group) is 1. The Morgan fingerprint density at radius 2 is 1.81 bits per heavy atom. The molecule has 2 aromatic carbocycles. The first kappa shape index (κ1) is 23.5. The highest BCUT2D eigenvalue weighted by Crippen LogP contribution is 2.23.